The summed E-state index contributed by atoms with van der Waals surface area (Å²) in [5.41, 5.74) is 12.8. The van der Waals surface area contributed by atoms with E-state index in [0.29, 0.717) is 5.92 Å². The number of hydrogen-bond donors (Lipinski definition) is 2. The maximum atomic E-state index is 5.04. The second kappa shape index (κ2) is 9.82. The molecular formula is C33H33N5. The van der Waals surface area contributed by atoms with E-state index in [2.05, 4.69) is 128 Å². The highest BCUT2D eigenvalue weighted by atomic mass is 15.1. The Labute approximate surface area is 223 Å². The van der Waals surface area contributed by atoms with Crippen molar-refractivity contribution >= 4 is 52.1 Å². The molecule has 1 aromatic carbocycles. The van der Waals surface area contributed by atoms with Crippen molar-refractivity contribution in [3.8, 4) is 11.1 Å². The topological polar surface area (TPSA) is 60.6 Å². The van der Waals surface area contributed by atoms with Crippen LogP contribution in [0.15, 0.2) is 60.7 Å². The van der Waals surface area contributed by atoms with Gasteiger partial charge in [0, 0.05) is 53.0 Å². The van der Waals surface area contributed by atoms with Gasteiger partial charge < -0.3 is 14.9 Å². The zero-order valence-electron chi connectivity index (χ0n) is 22.4. The summed E-state index contributed by atoms with van der Waals surface area (Å²) in [6.07, 6.45) is 10.6. The molecule has 0 aliphatic carbocycles. The number of aromatic amines is 2. The summed E-state index contributed by atoms with van der Waals surface area (Å²) >= 11 is 0. The van der Waals surface area contributed by atoms with E-state index in [0.717, 1.165) is 68.8 Å². The Morgan fingerprint density at radius 2 is 1.21 bits per heavy atom. The predicted molar refractivity (Wildman–Crippen MR) is 162 cm³/mol. The van der Waals surface area contributed by atoms with E-state index in [9.17, 15) is 0 Å². The first-order chi connectivity index (χ1) is 18.5. The molecule has 4 aromatic rings. The van der Waals surface area contributed by atoms with Gasteiger partial charge in [-0.05, 0) is 97.2 Å². The van der Waals surface area contributed by atoms with E-state index in [1.54, 1.807) is 0 Å². The molecule has 0 unspecified atom stereocenters. The van der Waals surface area contributed by atoms with E-state index in [4.69, 9.17) is 9.97 Å². The highest BCUT2D eigenvalue weighted by molar-refractivity contribution is 5.94. The molecule has 5 nitrogen and oxygen atoms in total. The lowest BCUT2D eigenvalue weighted by Gasteiger charge is -2.14. The smallest absolute Gasteiger partial charge is 0.0694 e. The fourth-order valence-electron chi connectivity index (χ4n) is 5.45. The molecule has 0 saturated carbocycles. The molecule has 38 heavy (non-hydrogen) atoms. The Morgan fingerprint density at radius 1 is 0.684 bits per heavy atom. The van der Waals surface area contributed by atoms with Crippen molar-refractivity contribution in [2.45, 2.75) is 32.6 Å². The number of fused-ring (bicyclic) bond motifs is 8. The molecule has 5 heteroatoms. The molecule has 5 heterocycles. The van der Waals surface area contributed by atoms with Gasteiger partial charge in [0.25, 0.3) is 0 Å². The normalized spacial score (nSPS) is 12.4. The van der Waals surface area contributed by atoms with Gasteiger partial charge in [0.05, 0.1) is 22.8 Å². The molecule has 0 spiro atoms. The van der Waals surface area contributed by atoms with E-state index >= 15 is 0 Å². The monoisotopic (exact) mass is 499 g/mol. The molecule has 0 amide bonds. The molecule has 0 saturated heterocycles. The third kappa shape index (κ3) is 4.45. The van der Waals surface area contributed by atoms with Crippen LogP contribution in [0.1, 0.15) is 60.9 Å². The van der Waals surface area contributed by atoms with E-state index in [-0.39, 0.29) is 0 Å². The van der Waals surface area contributed by atoms with Gasteiger partial charge in [-0.2, -0.15) is 0 Å². The zero-order chi connectivity index (χ0) is 26.2. The Balaban J connectivity index is 1.66. The third-order valence-electron chi connectivity index (χ3n) is 7.50. The molecule has 8 bridgehead atoms. The highest BCUT2D eigenvalue weighted by Crippen LogP contribution is 2.33. The van der Waals surface area contributed by atoms with Crippen molar-refractivity contribution in [3.63, 3.8) is 0 Å². The van der Waals surface area contributed by atoms with Crippen molar-refractivity contribution in [1.82, 2.24) is 19.9 Å². The minimum atomic E-state index is 0.407. The second-order valence-corrected chi connectivity index (χ2v) is 10.2. The molecule has 0 fully saturated rings. The highest BCUT2D eigenvalue weighted by Gasteiger charge is 2.18. The summed E-state index contributed by atoms with van der Waals surface area (Å²) < 4.78 is 0. The Kier molecular flexibility index (Phi) is 6.20. The van der Waals surface area contributed by atoms with Gasteiger partial charge in [-0.15, -0.1) is 0 Å². The van der Waals surface area contributed by atoms with Crippen LogP contribution in [0, 0.1) is 0 Å². The summed E-state index contributed by atoms with van der Waals surface area (Å²) in [4.78, 5) is 19.5. The number of hydrogen-bond acceptors (Lipinski definition) is 3. The van der Waals surface area contributed by atoms with Crippen LogP contribution in [0.2, 0.25) is 0 Å². The van der Waals surface area contributed by atoms with Crippen LogP contribution in [0.3, 0.4) is 0 Å². The summed E-state index contributed by atoms with van der Waals surface area (Å²) in [5.74, 6) is 0.407. The van der Waals surface area contributed by atoms with Crippen molar-refractivity contribution < 1.29 is 0 Å². The van der Waals surface area contributed by atoms with Crippen LogP contribution < -0.4 is 4.90 Å². The first-order valence-corrected chi connectivity index (χ1v) is 13.4. The van der Waals surface area contributed by atoms with Gasteiger partial charge in [-0.25, -0.2) is 9.97 Å². The Morgan fingerprint density at radius 3 is 1.68 bits per heavy atom. The number of nitrogens with zero attached hydrogens (tertiary/aromatic N) is 3. The first-order valence-electron chi connectivity index (χ1n) is 13.4. The molecule has 6 rings (SSSR count). The number of aromatic nitrogens is 4. The fraction of sp³-hybridized carbons (Fsp3) is 0.212. The van der Waals surface area contributed by atoms with E-state index in [1.165, 1.54) is 11.3 Å². The minimum absolute atomic E-state index is 0.407. The lowest BCUT2D eigenvalue weighted by Crippen LogP contribution is -2.07. The summed E-state index contributed by atoms with van der Waals surface area (Å²) in [6, 6.07) is 21.5. The molecule has 0 radical (unpaired) electrons. The maximum Gasteiger partial charge on any atom is 0.0694 e. The Hall–Kier alpha value is -4.38. The molecule has 3 aromatic heterocycles. The average Bonchev–Trinajstić information content (AvgIpc) is 3.73. The van der Waals surface area contributed by atoms with Gasteiger partial charge in [-0.1, -0.05) is 26.0 Å². The molecule has 2 N–H and O–H groups in total. The largest absolute Gasteiger partial charge is 0.378 e. The number of rotatable bonds is 5. The minimum Gasteiger partial charge on any atom is -0.378 e. The summed E-state index contributed by atoms with van der Waals surface area (Å²) in [5, 5.41) is 0. The van der Waals surface area contributed by atoms with Crippen molar-refractivity contribution in [1.29, 1.82) is 0 Å². The molecular weight excluding hydrogens is 466 g/mol. The summed E-state index contributed by atoms with van der Waals surface area (Å²) in [6.45, 7) is 4.49. The Bertz CT molecular complexity index is 1620. The van der Waals surface area contributed by atoms with Crippen LogP contribution in [0.5, 0.6) is 0 Å². The SMILES string of the molecule is CCC(CC)c1c2nc(cc3ccc([nH]3)c(-c3ccc(N(C)C)cc3)c3ccc(cc4nc1C=C4)[nH]3)C=C2. The van der Waals surface area contributed by atoms with Gasteiger partial charge >= 0.3 is 0 Å². The van der Waals surface area contributed by atoms with Crippen LogP contribution >= 0.6 is 0 Å². The molecule has 0 atom stereocenters. The van der Waals surface area contributed by atoms with Gasteiger partial charge in [0.1, 0.15) is 0 Å². The first kappa shape index (κ1) is 24.0. The van der Waals surface area contributed by atoms with Crippen molar-refractivity contribution in [3.05, 3.63) is 89.0 Å². The number of benzene rings is 1. The van der Waals surface area contributed by atoms with E-state index < -0.39 is 0 Å². The lowest BCUT2D eigenvalue weighted by atomic mass is 9.91. The van der Waals surface area contributed by atoms with Crippen molar-refractivity contribution in [2.75, 3.05) is 19.0 Å². The molecule has 190 valence electrons. The third-order valence-corrected chi connectivity index (χ3v) is 7.50. The zero-order valence-corrected chi connectivity index (χ0v) is 22.4. The second-order valence-electron chi connectivity index (χ2n) is 10.2. The van der Waals surface area contributed by atoms with Crippen LogP contribution in [0.4, 0.5) is 5.69 Å². The van der Waals surface area contributed by atoms with Crippen molar-refractivity contribution in [2.24, 2.45) is 0 Å². The average molecular weight is 500 g/mol. The standard InChI is InChI=1S/C33H33N5/c1-5-21(6-2)32-28-15-9-23(34-28)19-25-11-17-30(36-25)33(22-7-13-27(14-8-22)38(3)4)31-18-12-26(37-31)20-24-10-16-29(32)35-24/h7-21,36-37H,5-6H2,1-4H3. The van der Waals surface area contributed by atoms with E-state index in [1.807, 2.05) is 0 Å². The number of anilines is 1. The molecule has 2 aliphatic heterocycles. The van der Waals surface area contributed by atoms with Crippen LogP contribution in [-0.4, -0.2) is 34.0 Å². The lowest BCUT2D eigenvalue weighted by molar-refractivity contribution is 0.636. The molecule has 2 aliphatic rings. The number of nitrogens with one attached hydrogen (secondary N) is 2. The van der Waals surface area contributed by atoms with Gasteiger partial charge in [0.15, 0.2) is 0 Å². The summed E-state index contributed by atoms with van der Waals surface area (Å²) in [7, 11) is 4.12. The quantitative estimate of drug-likeness (QED) is 0.251. The fourth-order valence-corrected chi connectivity index (χ4v) is 5.45. The van der Waals surface area contributed by atoms with Crippen LogP contribution in [0.25, 0.3) is 57.5 Å². The van der Waals surface area contributed by atoms with Gasteiger partial charge in [0.2, 0.25) is 0 Å². The maximum absolute atomic E-state index is 5.04. The van der Waals surface area contributed by atoms with Crippen LogP contribution in [-0.2, 0) is 0 Å². The number of H-pyrrole nitrogens is 2. The van der Waals surface area contributed by atoms with Gasteiger partial charge in [-0.3, -0.25) is 0 Å². The predicted octanol–water partition coefficient (Wildman–Crippen LogP) is 8.29.